The molecule has 3 nitrogen and oxygen atoms in total. The van der Waals surface area contributed by atoms with Crippen molar-refractivity contribution in [3.63, 3.8) is 0 Å². The molecule has 0 heterocycles. The average molecular weight is 373 g/mol. The molecule has 0 saturated heterocycles. The lowest BCUT2D eigenvalue weighted by Crippen LogP contribution is -2.39. The van der Waals surface area contributed by atoms with Crippen molar-refractivity contribution in [3.8, 4) is 5.75 Å². The Balaban J connectivity index is 1.79. The summed E-state index contributed by atoms with van der Waals surface area (Å²) < 4.78 is 6.05. The SMILES string of the molecule is Cc1cccc(OC(C)C(=O)N(Cc2ccccc2)Cc2ccccc2)c1C. The van der Waals surface area contributed by atoms with Gasteiger partial charge in [0.2, 0.25) is 0 Å². The van der Waals surface area contributed by atoms with Crippen molar-refractivity contribution in [1.29, 1.82) is 0 Å². The van der Waals surface area contributed by atoms with Crippen LogP contribution in [-0.4, -0.2) is 16.9 Å². The minimum atomic E-state index is -0.562. The molecule has 28 heavy (non-hydrogen) atoms. The number of ether oxygens (including phenoxy) is 1. The monoisotopic (exact) mass is 373 g/mol. The Hall–Kier alpha value is -3.07. The van der Waals surface area contributed by atoms with Gasteiger partial charge in [-0.25, -0.2) is 0 Å². The molecule has 0 N–H and O–H groups in total. The van der Waals surface area contributed by atoms with Gasteiger partial charge in [0.15, 0.2) is 6.10 Å². The van der Waals surface area contributed by atoms with Crippen molar-refractivity contribution in [2.45, 2.75) is 40.0 Å². The molecule has 0 aromatic heterocycles. The Bertz CT molecular complexity index is 865. The number of carbonyl (C=O) groups excluding carboxylic acids is 1. The molecule has 0 fully saturated rings. The number of carbonyl (C=O) groups is 1. The first-order valence-corrected chi connectivity index (χ1v) is 9.64. The van der Waals surface area contributed by atoms with Crippen LogP contribution in [0, 0.1) is 13.8 Å². The first kappa shape index (κ1) is 19.7. The molecule has 0 saturated carbocycles. The van der Waals surface area contributed by atoms with Crippen molar-refractivity contribution in [2.75, 3.05) is 0 Å². The van der Waals surface area contributed by atoms with Crippen LogP contribution < -0.4 is 4.74 Å². The molecule has 1 amide bonds. The van der Waals surface area contributed by atoms with E-state index in [0.717, 1.165) is 28.0 Å². The molecule has 3 aromatic carbocycles. The number of rotatable bonds is 7. The second-order valence-corrected chi connectivity index (χ2v) is 7.12. The van der Waals surface area contributed by atoms with E-state index in [-0.39, 0.29) is 5.91 Å². The topological polar surface area (TPSA) is 29.5 Å². The summed E-state index contributed by atoms with van der Waals surface area (Å²) in [7, 11) is 0. The summed E-state index contributed by atoms with van der Waals surface area (Å²) in [6.45, 7) is 7.00. The normalized spacial score (nSPS) is 11.7. The fourth-order valence-corrected chi connectivity index (χ4v) is 3.17. The smallest absolute Gasteiger partial charge is 0.263 e. The maximum absolute atomic E-state index is 13.3. The van der Waals surface area contributed by atoms with Gasteiger partial charge in [0.05, 0.1) is 0 Å². The van der Waals surface area contributed by atoms with Crippen LogP contribution in [0.15, 0.2) is 78.9 Å². The number of hydrogen-bond acceptors (Lipinski definition) is 2. The maximum Gasteiger partial charge on any atom is 0.263 e. The van der Waals surface area contributed by atoms with E-state index < -0.39 is 6.10 Å². The zero-order valence-electron chi connectivity index (χ0n) is 16.8. The summed E-state index contributed by atoms with van der Waals surface area (Å²) in [5.41, 5.74) is 4.43. The van der Waals surface area contributed by atoms with Crippen LogP contribution in [0.5, 0.6) is 5.75 Å². The lowest BCUT2D eigenvalue weighted by atomic mass is 10.1. The molecule has 0 aliphatic heterocycles. The fourth-order valence-electron chi connectivity index (χ4n) is 3.17. The number of benzene rings is 3. The first-order chi connectivity index (χ1) is 13.5. The Morgan fingerprint density at radius 1 is 0.821 bits per heavy atom. The van der Waals surface area contributed by atoms with E-state index in [1.807, 2.05) is 105 Å². The molecule has 144 valence electrons. The second-order valence-electron chi connectivity index (χ2n) is 7.12. The highest BCUT2D eigenvalue weighted by atomic mass is 16.5. The van der Waals surface area contributed by atoms with Crippen LogP contribution >= 0.6 is 0 Å². The number of amides is 1. The fraction of sp³-hybridized carbons (Fsp3) is 0.240. The standard InChI is InChI=1S/C25H27NO2/c1-19-11-10-16-24(20(19)2)28-21(3)25(27)26(17-22-12-6-4-7-13-22)18-23-14-8-5-9-15-23/h4-16,21H,17-18H2,1-3H3. The lowest BCUT2D eigenvalue weighted by molar-refractivity contribution is -0.139. The Morgan fingerprint density at radius 3 is 1.89 bits per heavy atom. The zero-order chi connectivity index (χ0) is 19.9. The van der Waals surface area contributed by atoms with Crippen LogP contribution in [0.3, 0.4) is 0 Å². The third-order valence-corrected chi connectivity index (χ3v) is 4.95. The highest BCUT2D eigenvalue weighted by Gasteiger charge is 2.23. The van der Waals surface area contributed by atoms with E-state index >= 15 is 0 Å². The molecule has 0 bridgehead atoms. The lowest BCUT2D eigenvalue weighted by Gasteiger charge is -2.27. The number of nitrogens with zero attached hydrogens (tertiary/aromatic N) is 1. The number of aryl methyl sites for hydroxylation is 1. The first-order valence-electron chi connectivity index (χ1n) is 9.64. The van der Waals surface area contributed by atoms with E-state index in [9.17, 15) is 4.79 Å². The van der Waals surface area contributed by atoms with E-state index in [4.69, 9.17) is 4.74 Å². The van der Waals surface area contributed by atoms with E-state index in [1.54, 1.807) is 0 Å². The average Bonchev–Trinajstić information content (AvgIpc) is 2.72. The van der Waals surface area contributed by atoms with Crippen LogP contribution in [0.2, 0.25) is 0 Å². The third kappa shape index (κ3) is 5.01. The summed E-state index contributed by atoms with van der Waals surface area (Å²) in [5, 5.41) is 0. The molecule has 0 aliphatic rings. The summed E-state index contributed by atoms with van der Waals surface area (Å²) in [5.74, 6) is 0.744. The minimum absolute atomic E-state index is 0.0198. The van der Waals surface area contributed by atoms with Gasteiger partial charge in [-0.05, 0) is 49.1 Å². The Morgan fingerprint density at radius 2 is 1.36 bits per heavy atom. The van der Waals surface area contributed by atoms with Crippen LogP contribution in [0.4, 0.5) is 0 Å². The Labute approximate surface area is 167 Å². The van der Waals surface area contributed by atoms with Crippen molar-refractivity contribution < 1.29 is 9.53 Å². The van der Waals surface area contributed by atoms with Crippen LogP contribution in [0.25, 0.3) is 0 Å². The molecule has 0 aliphatic carbocycles. The Kier molecular flexibility index (Phi) is 6.49. The largest absolute Gasteiger partial charge is 0.481 e. The van der Waals surface area contributed by atoms with E-state index in [2.05, 4.69) is 0 Å². The quantitative estimate of drug-likeness (QED) is 0.562. The van der Waals surface area contributed by atoms with Gasteiger partial charge in [-0.2, -0.15) is 0 Å². The molecule has 3 heteroatoms. The van der Waals surface area contributed by atoms with Crippen LogP contribution in [-0.2, 0) is 17.9 Å². The van der Waals surface area contributed by atoms with Gasteiger partial charge in [0.1, 0.15) is 5.75 Å². The molecule has 3 aromatic rings. The summed E-state index contributed by atoms with van der Waals surface area (Å²) >= 11 is 0. The van der Waals surface area contributed by atoms with Crippen molar-refractivity contribution in [3.05, 3.63) is 101 Å². The van der Waals surface area contributed by atoms with Gasteiger partial charge < -0.3 is 9.64 Å². The minimum Gasteiger partial charge on any atom is -0.481 e. The van der Waals surface area contributed by atoms with Gasteiger partial charge >= 0.3 is 0 Å². The molecule has 0 radical (unpaired) electrons. The maximum atomic E-state index is 13.3. The van der Waals surface area contributed by atoms with Gasteiger partial charge in [-0.1, -0.05) is 72.8 Å². The van der Waals surface area contributed by atoms with Gasteiger partial charge in [0, 0.05) is 13.1 Å². The molecule has 3 rings (SSSR count). The molecular weight excluding hydrogens is 346 g/mol. The van der Waals surface area contributed by atoms with Gasteiger partial charge in [-0.3, -0.25) is 4.79 Å². The number of hydrogen-bond donors (Lipinski definition) is 0. The predicted molar refractivity (Wildman–Crippen MR) is 113 cm³/mol. The zero-order valence-corrected chi connectivity index (χ0v) is 16.8. The predicted octanol–water partition coefficient (Wildman–Crippen LogP) is 5.30. The van der Waals surface area contributed by atoms with Crippen LogP contribution in [0.1, 0.15) is 29.2 Å². The molecular formula is C25H27NO2. The molecule has 1 unspecified atom stereocenters. The summed E-state index contributed by atoms with van der Waals surface area (Å²) in [6, 6.07) is 26.1. The van der Waals surface area contributed by atoms with Crippen molar-refractivity contribution in [1.82, 2.24) is 4.90 Å². The van der Waals surface area contributed by atoms with E-state index in [1.165, 1.54) is 0 Å². The third-order valence-electron chi connectivity index (χ3n) is 4.95. The second kappa shape index (κ2) is 9.23. The molecule has 0 spiro atoms. The van der Waals surface area contributed by atoms with Crippen molar-refractivity contribution in [2.24, 2.45) is 0 Å². The highest BCUT2D eigenvalue weighted by molar-refractivity contribution is 5.81. The van der Waals surface area contributed by atoms with E-state index in [0.29, 0.717) is 13.1 Å². The van der Waals surface area contributed by atoms with Crippen molar-refractivity contribution >= 4 is 5.91 Å². The summed E-state index contributed by atoms with van der Waals surface area (Å²) in [4.78, 5) is 15.1. The molecule has 1 atom stereocenters. The summed E-state index contributed by atoms with van der Waals surface area (Å²) in [6.07, 6.45) is -0.562. The highest BCUT2D eigenvalue weighted by Crippen LogP contribution is 2.23. The van der Waals surface area contributed by atoms with Gasteiger partial charge in [0.25, 0.3) is 5.91 Å². The van der Waals surface area contributed by atoms with Gasteiger partial charge in [-0.15, -0.1) is 0 Å².